The lowest BCUT2D eigenvalue weighted by atomic mass is 10.1. The molecule has 0 saturated carbocycles. The van der Waals surface area contributed by atoms with Crippen molar-refractivity contribution in [1.82, 2.24) is 10.2 Å². The van der Waals surface area contributed by atoms with Crippen molar-refractivity contribution in [3.05, 3.63) is 29.8 Å². The lowest BCUT2D eigenvalue weighted by Crippen LogP contribution is -2.50. The van der Waals surface area contributed by atoms with E-state index in [4.69, 9.17) is 4.74 Å². The minimum atomic E-state index is -2.87. The number of halogens is 2. The van der Waals surface area contributed by atoms with Crippen LogP contribution < -0.4 is 10.1 Å². The van der Waals surface area contributed by atoms with Gasteiger partial charge in [0.25, 0.3) is 5.91 Å². The number of benzene rings is 1. The van der Waals surface area contributed by atoms with Crippen LogP contribution in [0.5, 0.6) is 5.75 Å². The Kier molecular flexibility index (Phi) is 5.07. The average Bonchev–Trinajstić information content (AvgIpc) is 3.00. The van der Waals surface area contributed by atoms with Crippen LogP contribution in [0.1, 0.15) is 23.2 Å². The Morgan fingerprint density at radius 1 is 1.39 bits per heavy atom. The van der Waals surface area contributed by atoms with E-state index in [1.807, 2.05) is 0 Å². The van der Waals surface area contributed by atoms with Gasteiger partial charge in [-0.15, -0.1) is 0 Å². The van der Waals surface area contributed by atoms with Crippen molar-refractivity contribution in [2.24, 2.45) is 0 Å². The molecule has 7 heteroatoms. The van der Waals surface area contributed by atoms with Gasteiger partial charge in [0.15, 0.2) is 0 Å². The van der Waals surface area contributed by atoms with Gasteiger partial charge in [-0.05, 0) is 43.7 Å². The molecular formula is C16H20F2N2O3. The first-order valence-corrected chi connectivity index (χ1v) is 7.80. The zero-order chi connectivity index (χ0) is 16.2. The maximum absolute atomic E-state index is 12.1. The first-order chi connectivity index (χ1) is 11.1. The fourth-order valence-corrected chi connectivity index (χ4v) is 3.11. The molecule has 0 aromatic heterocycles. The summed E-state index contributed by atoms with van der Waals surface area (Å²) in [5.74, 6) is -0.215. The first-order valence-electron chi connectivity index (χ1n) is 7.80. The molecule has 1 N–H and O–H groups in total. The molecule has 0 aliphatic carbocycles. The fourth-order valence-electron chi connectivity index (χ4n) is 3.11. The van der Waals surface area contributed by atoms with E-state index in [0.29, 0.717) is 18.2 Å². The molecule has 1 amide bonds. The topological polar surface area (TPSA) is 50.8 Å². The van der Waals surface area contributed by atoms with Gasteiger partial charge in [0.1, 0.15) is 5.75 Å². The van der Waals surface area contributed by atoms with Gasteiger partial charge in [0, 0.05) is 24.7 Å². The number of rotatable bonds is 5. The number of carbonyl (C=O) groups is 1. The molecule has 1 aromatic rings. The summed E-state index contributed by atoms with van der Waals surface area (Å²) in [4.78, 5) is 14.5. The van der Waals surface area contributed by atoms with E-state index in [0.717, 1.165) is 19.7 Å². The maximum Gasteiger partial charge on any atom is 0.387 e. The van der Waals surface area contributed by atoms with Gasteiger partial charge in [-0.1, -0.05) is 0 Å². The number of nitrogens with zero attached hydrogens (tertiary/aromatic N) is 1. The highest BCUT2D eigenvalue weighted by molar-refractivity contribution is 5.94. The van der Waals surface area contributed by atoms with Crippen LogP contribution in [0, 0.1) is 0 Å². The van der Waals surface area contributed by atoms with E-state index in [-0.39, 0.29) is 17.8 Å². The summed E-state index contributed by atoms with van der Waals surface area (Å²) in [5.41, 5.74) is 0.404. The van der Waals surface area contributed by atoms with Crippen LogP contribution >= 0.6 is 0 Å². The molecule has 2 aliphatic heterocycles. The Morgan fingerprint density at radius 3 is 2.91 bits per heavy atom. The smallest absolute Gasteiger partial charge is 0.387 e. The second-order valence-electron chi connectivity index (χ2n) is 5.86. The Labute approximate surface area is 133 Å². The third-order valence-electron chi connectivity index (χ3n) is 4.29. The number of nitrogens with one attached hydrogen (secondary N) is 1. The molecule has 2 unspecified atom stereocenters. The Hall–Kier alpha value is -1.73. The average molecular weight is 326 g/mol. The van der Waals surface area contributed by atoms with Gasteiger partial charge in [0.2, 0.25) is 0 Å². The van der Waals surface area contributed by atoms with Crippen molar-refractivity contribution < 1.29 is 23.0 Å². The number of hydrogen-bond acceptors (Lipinski definition) is 4. The number of alkyl halides is 2. The van der Waals surface area contributed by atoms with E-state index < -0.39 is 6.61 Å². The molecule has 126 valence electrons. The van der Waals surface area contributed by atoms with Crippen LogP contribution in [0.3, 0.4) is 0 Å². The SMILES string of the molecule is O=C(NCC1CN2CCCC2CO1)c1ccc(OC(F)F)cc1. The van der Waals surface area contributed by atoms with Gasteiger partial charge >= 0.3 is 6.61 Å². The molecule has 5 nitrogen and oxygen atoms in total. The number of ether oxygens (including phenoxy) is 2. The third kappa shape index (κ3) is 4.17. The Bertz CT molecular complexity index is 539. The monoisotopic (exact) mass is 326 g/mol. The van der Waals surface area contributed by atoms with Crippen LogP contribution in [0.25, 0.3) is 0 Å². The first kappa shape index (κ1) is 16.1. The number of carbonyl (C=O) groups excluding carboxylic acids is 1. The molecule has 3 rings (SSSR count). The quantitative estimate of drug-likeness (QED) is 0.898. The molecule has 2 saturated heterocycles. The Morgan fingerprint density at radius 2 is 2.17 bits per heavy atom. The maximum atomic E-state index is 12.1. The van der Waals surface area contributed by atoms with Crippen LogP contribution in [0.15, 0.2) is 24.3 Å². The molecule has 0 bridgehead atoms. The molecule has 1 aromatic carbocycles. The van der Waals surface area contributed by atoms with Gasteiger partial charge in [-0.2, -0.15) is 8.78 Å². The van der Waals surface area contributed by atoms with Gasteiger partial charge in [-0.25, -0.2) is 0 Å². The highest BCUT2D eigenvalue weighted by Crippen LogP contribution is 2.22. The number of amides is 1. The van der Waals surface area contributed by atoms with Crippen LogP contribution in [-0.2, 0) is 4.74 Å². The second kappa shape index (κ2) is 7.23. The lowest BCUT2D eigenvalue weighted by molar-refractivity contribution is -0.0498. The molecule has 2 atom stereocenters. The highest BCUT2D eigenvalue weighted by Gasteiger charge is 2.32. The number of morpholine rings is 1. The largest absolute Gasteiger partial charge is 0.435 e. The van der Waals surface area contributed by atoms with E-state index in [9.17, 15) is 13.6 Å². The van der Waals surface area contributed by atoms with Crippen LogP contribution in [0.4, 0.5) is 8.78 Å². The van der Waals surface area contributed by atoms with Gasteiger partial charge in [-0.3, -0.25) is 9.69 Å². The summed E-state index contributed by atoms with van der Waals surface area (Å²) in [6, 6.07) is 6.17. The van der Waals surface area contributed by atoms with Crippen LogP contribution in [0.2, 0.25) is 0 Å². The molecule has 0 spiro atoms. The van der Waals surface area contributed by atoms with Crippen molar-refractivity contribution in [3.63, 3.8) is 0 Å². The predicted molar refractivity (Wildman–Crippen MR) is 79.7 cm³/mol. The van der Waals surface area contributed by atoms with Gasteiger partial charge in [0.05, 0.1) is 12.7 Å². The minimum Gasteiger partial charge on any atom is -0.435 e. The van der Waals surface area contributed by atoms with Gasteiger partial charge < -0.3 is 14.8 Å². The summed E-state index contributed by atoms with van der Waals surface area (Å²) in [6.07, 6.45) is 2.39. The van der Waals surface area contributed by atoms with Crippen molar-refractivity contribution in [1.29, 1.82) is 0 Å². The summed E-state index contributed by atoms with van der Waals surface area (Å²) in [7, 11) is 0. The van der Waals surface area contributed by atoms with Crippen molar-refractivity contribution in [2.45, 2.75) is 31.6 Å². The standard InChI is InChI=1S/C16H20F2N2O3/c17-16(18)23-13-5-3-11(4-6-13)15(21)19-8-14-9-20-7-1-2-12(20)10-22-14/h3-6,12,14,16H,1-2,7-10H2,(H,19,21). The minimum absolute atomic E-state index is 0.00487. The third-order valence-corrected chi connectivity index (χ3v) is 4.29. The van der Waals surface area contributed by atoms with E-state index in [2.05, 4.69) is 15.0 Å². The zero-order valence-electron chi connectivity index (χ0n) is 12.7. The van der Waals surface area contributed by atoms with E-state index >= 15 is 0 Å². The van der Waals surface area contributed by atoms with Crippen molar-refractivity contribution in [3.8, 4) is 5.75 Å². The number of hydrogen-bond donors (Lipinski definition) is 1. The van der Waals surface area contributed by atoms with E-state index in [1.54, 1.807) is 0 Å². The molecule has 23 heavy (non-hydrogen) atoms. The lowest BCUT2D eigenvalue weighted by Gasteiger charge is -2.35. The zero-order valence-corrected chi connectivity index (χ0v) is 12.7. The summed E-state index contributed by atoms with van der Waals surface area (Å²) in [5, 5.41) is 2.83. The predicted octanol–water partition coefficient (Wildman–Crippen LogP) is 1.88. The molecule has 0 radical (unpaired) electrons. The Balaban J connectivity index is 1.47. The summed E-state index contributed by atoms with van der Waals surface area (Å²) in [6.45, 7) is 0.237. The van der Waals surface area contributed by atoms with Crippen LogP contribution in [-0.4, -0.2) is 55.8 Å². The normalized spacial score (nSPS) is 24.5. The molecule has 2 aliphatic rings. The molecular weight excluding hydrogens is 306 g/mol. The molecule has 2 fully saturated rings. The highest BCUT2D eigenvalue weighted by atomic mass is 19.3. The second-order valence-corrected chi connectivity index (χ2v) is 5.86. The summed E-state index contributed by atoms with van der Waals surface area (Å²) >= 11 is 0. The molecule has 2 heterocycles. The van der Waals surface area contributed by atoms with Crippen molar-refractivity contribution >= 4 is 5.91 Å². The van der Waals surface area contributed by atoms with E-state index in [1.165, 1.54) is 37.1 Å². The van der Waals surface area contributed by atoms with Crippen molar-refractivity contribution in [2.75, 3.05) is 26.2 Å². The summed E-state index contributed by atoms with van der Waals surface area (Å²) < 4.78 is 34.2. The number of fused-ring (bicyclic) bond motifs is 1. The fraction of sp³-hybridized carbons (Fsp3) is 0.562.